The Bertz CT molecular complexity index is 500. The fourth-order valence-corrected chi connectivity index (χ4v) is 2.23. The molecule has 1 unspecified atom stereocenters. The van der Waals surface area contributed by atoms with Crippen LogP contribution in [0.15, 0.2) is 34.9 Å². The molecular formula is C13H13ClN2O. The van der Waals surface area contributed by atoms with E-state index in [1.807, 2.05) is 24.3 Å². The minimum atomic E-state index is 0.347. The molecule has 1 fully saturated rings. The summed E-state index contributed by atoms with van der Waals surface area (Å²) >= 11 is 5.85. The Labute approximate surface area is 105 Å². The Kier molecular flexibility index (Phi) is 2.87. The van der Waals surface area contributed by atoms with E-state index in [2.05, 4.69) is 10.3 Å². The molecule has 3 nitrogen and oxygen atoms in total. The van der Waals surface area contributed by atoms with Gasteiger partial charge < -0.3 is 9.73 Å². The molecule has 0 radical (unpaired) electrons. The van der Waals surface area contributed by atoms with E-state index in [0.29, 0.717) is 11.9 Å². The van der Waals surface area contributed by atoms with Gasteiger partial charge in [0.05, 0.1) is 11.7 Å². The van der Waals surface area contributed by atoms with Gasteiger partial charge in [0.15, 0.2) is 0 Å². The van der Waals surface area contributed by atoms with Crippen molar-refractivity contribution < 1.29 is 4.42 Å². The Morgan fingerprint density at radius 1 is 1.29 bits per heavy atom. The Balaban J connectivity index is 1.86. The molecule has 1 aromatic carbocycles. The molecular weight excluding hydrogens is 236 g/mol. The maximum atomic E-state index is 5.85. The zero-order chi connectivity index (χ0) is 11.7. The van der Waals surface area contributed by atoms with E-state index in [9.17, 15) is 0 Å². The first kappa shape index (κ1) is 10.8. The SMILES string of the molecule is Clc1ccc(-c2nc(C3CCCN3)co2)cc1. The number of halogens is 1. The van der Waals surface area contributed by atoms with Crippen LogP contribution in [0.25, 0.3) is 11.5 Å². The molecule has 0 spiro atoms. The number of hydrogen-bond acceptors (Lipinski definition) is 3. The highest BCUT2D eigenvalue weighted by Gasteiger charge is 2.20. The second-order valence-corrected chi connectivity index (χ2v) is 4.67. The van der Waals surface area contributed by atoms with Crippen molar-refractivity contribution in [1.82, 2.24) is 10.3 Å². The van der Waals surface area contributed by atoms with Crippen LogP contribution in [0.2, 0.25) is 5.02 Å². The standard InChI is InChI=1S/C13H13ClN2O/c14-10-5-3-9(4-6-10)13-16-12(8-17-13)11-2-1-7-15-11/h3-6,8,11,15H,1-2,7H2. The second kappa shape index (κ2) is 4.51. The monoisotopic (exact) mass is 248 g/mol. The van der Waals surface area contributed by atoms with Gasteiger partial charge in [0.2, 0.25) is 5.89 Å². The maximum absolute atomic E-state index is 5.85. The fourth-order valence-electron chi connectivity index (χ4n) is 2.11. The van der Waals surface area contributed by atoms with Gasteiger partial charge in [0, 0.05) is 10.6 Å². The van der Waals surface area contributed by atoms with Crippen LogP contribution in [-0.4, -0.2) is 11.5 Å². The summed E-state index contributed by atoms with van der Waals surface area (Å²) < 4.78 is 5.51. The number of hydrogen-bond donors (Lipinski definition) is 1. The van der Waals surface area contributed by atoms with Crippen LogP contribution in [-0.2, 0) is 0 Å². The summed E-state index contributed by atoms with van der Waals surface area (Å²) in [6.45, 7) is 1.06. The Morgan fingerprint density at radius 2 is 2.12 bits per heavy atom. The number of aromatic nitrogens is 1. The smallest absolute Gasteiger partial charge is 0.226 e. The molecule has 0 saturated carbocycles. The second-order valence-electron chi connectivity index (χ2n) is 4.23. The van der Waals surface area contributed by atoms with Crippen LogP contribution in [0.4, 0.5) is 0 Å². The summed E-state index contributed by atoms with van der Waals surface area (Å²) in [5.74, 6) is 0.658. The average Bonchev–Trinajstić information content (AvgIpc) is 3.00. The van der Waals surface area contributed by atoms with E-state index >= 15 is 0 Å². The Morgan fingerprint density at radius 3 is 2.82 bits per heavy atom. The molecule has 17 heavy (non-hydrogen) atoms. The van der Waals surface area contributed by atoms with Gasteiger partial charge in [-0.2, -0.15) is 0 Å². The van der Waals surface area contributed by atoms with E-state index in [-0.39, 0.29) is 0 Å². The molecule has 0 bridgehead atoms. The summed E-state index contributed by atoms with van der Waals surface area (Å²) in [4.78, 5) is 4.52. The lowest BCUT2D eigenvalue weighted by Gasteiger charge is -2.03. The first-order chi connectivity index (χ1) is 8.33. The normalized spacial score (nSPS) is 19.7. The summed E-state index contributed by atoms with van der Waals surface area (Å²) in [6.07, 6.45) is 4.08. The van der Waals surface area contributed by atoms with Gasteiger partial charge in [-0.15, -0.1) is 0 Å². The lowest BCUT2D eigenvalue weighted by molar-refractivity contribution is 0.563. The molecule has 3 rings (SSSR count). The lowest BCUT2D eigenvalue weighted by Crippen LogP contribution is -2.12. The van der Waals surface area contributed by atoms with E-state index in [4.69, 9.17) is 16.0 Å². The van der Waals surface area contributed by atoms with Gasteiger partial charge in [-0.3, -0.25) is 0 Å². The molecule has 0 amide bonds. The van der Waals surface area contributed by atoms with Gasteiger partial charge >= 0.3 is 0 Å². The van der Waals surface area contributed by atoms with Crippen LogP contribution >= 0.6 is 11.6 Å². The third-order valence-corrected chi connectivity index (χ3v) is 3.28. The lowest BCUT2D eigenvalue weighted by atomic mass is 10.2. The predicted molar refractivity (Wildman–Crippen MR) is 66.9 cm³/mol. The molecule has 1 aliphatic rings. The van der Waals surface area contributed by atoms with Crippen molar-refractivity contribution >= 4 is 11.6 Å². The average molecular weight is 249 g/mol. The quantitative estimate of drug-likeness (QED) is 0.885. The van der Waals surface area contributed by atoms with E-state index in [1.165, 1.54) is 6.42 Å². The predicted octanol–water partition coefficient (Wildman–Crippen LogP) is 3.42. The molecule has 2 heterocycles. The number of rotatable bonds is 2. The molecule has 88 valence electrons. The molecule has 2 aromatic rings. The van der Waals surface area contributed by atoms with Crippen molar-refractivity contribution in [2.24, 2.45) is 0 Å². The molecule has 1 atom stereocenters. The van der Waals surface area contributed by atoms with Crippen LogP contribution in [0.1, 0.15) is 24.6 Å². The van der Waals surface area contributed by atoms with Crippen molar-refractivity contribution in [3.8, 4) is 11.5 Å². The highest BCUT2D eigenvalue weighted by Crippen LogP contribution is 2.26. The topological polar surface area (TPSA) is 38.1 Å². The molecule has 1 aromatic heterocycles. The van der Waals surface area contributed by atoms with Crippen LogP contribution in [0.5, 0.6) is 0 Å². The number of oxazole rings is 1. The van der Waals surface area contributed by atoms with E-state index in [0.717, 1.165) is 29.2 Å². The zero-order valence-electron chi connectivity index (χ0n) is 9.32. The van der Waals surface area contributed by atoms with Crippen LogP contribution < -0.4 is 5.32 Å². The minimum Gasteiger partial charge on any atom is -0.444 e. The summed E-state index contributed by atoms with van der Waals surface area (Å²) in [5.41, 5.74) is 1.95. The van der Waals surface area contributed by atoms with Crippen LogP contribution in [0.3, 0.4) is 0 Å². The molecule has 1 aliphatic heterocycles. The Hall–Kier alpha value is -1.32. The van der Waals surface area contributed by atoms with Crippen molar-refractivity contribution in [3.63, 3.8) is 0 Å². The summed E-state index contributed by atoms with van der Waals surface area (Å²) in [5, 5.41) is 4.12. The van der Waals surface area contributed by atoms with Crippen molar-refractivity contribution in [3.05, 3.63) is 41.2 Å². The molecule has 4 heteroatoms. The van der Waals surface area contributed by atoms with Crippen LogP contribution in [0, 0.1) is 0 Å². The molecule has 0 aliphatic carbocycles. The number of nitrogens with zero attached hydrogens (tertiary/aromatic N) is 1. The van der Waals surface area contributed by atoms with Gasteiger partial charge in [0.1, 0.15) is 6.26 Å². The largest absolute Gasteiger partial charge is 0.444 e. The maximum Gasteiger partial charge on any atom is 0.226 e. The highest BCUT2D eigenvalue weighted by atomic mass is 35.5. The number of benzene rings is 1. The first-order valence-electron chi connectivity index (χ1n) is 5.78. The first-order valence-corrected chi connectivity index (χ1v) is 6.15. The van der Waals surface area contributed by atoms with Gasteiger partial charge in [-0.25, -0.2) is 4.98 Å². The van der Waals surface area contributed by atoms with E-state index in [1.54, 1.807) is 6.26 Å². The molecule has 1 saturated heterocycles. The zero-order valence-corrected chi connectivity index (χ0v) is 10.1. The van der Waals surface area contributed by atoms with Gasteiger partial charge in [0.25, 0.3) is 0 Å². The fraction of sp³-hybridized carbons (Fsp3) is 0.308. The summed E-state index contributed by atoms with van der Waals surface area (Å²) in [6, 6.07) is 7.86. The van der Waals surface area contributed by atoms with Gasteiger partial charge in [-0.1, -0.05) is 11.6 Å². The highest BCUT2D eigenvalue weighted by molar-refractivity contribution is 6.30. The third-order valence-electron chi connectivity index (χ3n) is 3.03. The molecule has 1 N–H and O–H groups in total. The minimum absolute atomic E-state index is 0.347. The van der Waals surface area contributed by atoms with E-state index < -0.39 is 0 Å². The summed E-state index contributed by atoms with van der Waals surface area (Å²) in [7, 11) is 0. The van der Waals surface area contributed by atoms with Crippen molar-refractivity contribution in [2.45, 2.75) is 18.9 Å². The van der Waals surface area contributed by atoms with Crippen molar-refractivity contribution in [1.29, 1.82) is 0 Å². The number of nitrogens with one attached hydrogen (secondary N) is 1. The van der Waals surface area contributed by atoms with Gasteiger partial charge in [-0.05, 0) is 43.7 Å². The van der Waals surface area contributed by atoms with Crippen molar-refractivity contribution in [2.75, 3.05) is 6.54 Å². The third kappa shape index (κ3) is 2.21.